The minimum atomic E-state index is -0.688. The highest BCUT2D eigenvalue weighted by molar-refractivity contribution is 8.15. The lowest BCUT2D eigenvalue weighted by Gasteiger charge is -2.14. The molecule has 0 aliphatic rings. The van der Waals surface area contributed by atoms with E-state index >= 15 is 0 Å². The van der Waals surface area contributed by atoms with Gasteiger partial charge in [-0.1, -0.05) is 0 Å². The molecule has 0 aliphatic heterocycles. The standard InChI is InChI=1S/C17H23NO5S2/c1-21-13-6-7-15(22-2)12(9-13)5-8-16(19)18-14(17(20)23-3)10-25-11-24-4/h5-9,14H,10-11H2,1-4H3,(H,18,19). The summed E-state index contributed by atoms with van der Waals surface area (Å²) in [5.74, 6) is 0.876. The van der Waals surface area contributed by atoms with E-state index in [0.717, 1.165) is 5.08 Å². The van der Waals surface area contributed by atoms with E-state index in [-0.39, 0.29) is 5.91 Å². The second-order valence-electron chi connectivity index (χ2n) is 4.80. The zero-order chi connectivity index (χ0) is 18.7. The first kappa shape index (κ1) is 21.2. The number of nitrogens with one attached hydrogen (secondary N) is 1. The van der Waals surface area contributed by atoms with E-state index in [4.69, 9.17) is 14.2 Å². The van der Waals surface area contributed by atoms with Gasteiger partial charge in [0.05, 0.1) is 21.3 Å². The minimum absolute atomic E-state index is 0.384. The molecule has 0 radical (unpaired) electrons. The molecule has 0 aliphatic carbocycles. The monoisotopic (exact) mass is 385 g/mol. The maximum Gasteiger partial charge on any atom is 0.329 e. The van der Waals surface area contributed by atoms with Crippen molar-refractivity contribution < 1.29 is 23.8 Å². The van der Waals surface area contributed by atoms with E-state index < -0.39 is 12.0 Å². The van der Waals surface area contributed by atoms with E-state index in [2.05, 4.69) is 5.32 Å². The van der Waals surface area contributed by atoms with Gasteiger partial charge in [0.1, 0.15) is 17.5 Å². The molecule has 25 heavy (non-hydrogen) atoms. The molecule has 0 saturated heterocycles. The van der Waals surface area contributed by atoms with Gasteiger partial charge in [-0.15, -0.1) is 11.8 Å². The van der Waals surface area contributed by atoms with E-state index in [1.807, 2.05) is 6.26 Å². The highest BCUT2D eigenvalue weighted by Gasteiger charge is 2.20. The number of rotatable bonds is 10. The van der Waals surface area contributed by atoms with Crippen LogP contribution in [0.1, 0.15) is 5.56 Å². The molecule has 1 N–H and O–H groups in total. The van der Waals surface area contributed by atoms with Crippen LogP contribution < -0.4 is 14.8 Å². The average Bonchev–Trinajstić information content (AvgIpc) is 2.64. The molecule has 0 bridgehead atoms. The third kappa shape index (κ3) is 7.31. The van der Waals surface area contributed by atoms with Crippen molar-refractivity contribution in [2.75, 3.05) is 38.4 Å². The number of thioether (sulfide) groups is 2. The van der Waals surface area contributed by atoms with E-state index in [9.17, 15) is 9.59 Å². The van der Waals surface area contributed by atoms with Crippen LogP contribution in [0.25, 0.3) is 6.08 Å². The SMILES string of the molecule is COC(=O)C(CSCSC)NC(=O)C=Cc1cc(OC)ccc1OC. The van der Waals surface area contributed by atoms with Crippen molar-refractivity contribution in [1.82, 2.24) is 5.32 Å². The zero-order valence-corrected chi connectivity index (χ0v) is 16.4. The Morgan fingerprint density at radius 3 is 2.60 bits per heavy atom. The molecule has 1 aromatic carbocycles. The van der Waals surface area contributed by atoms with Gasteiger partial charge in [-0.2, -0.15) is 11.8 Å². The first-order valence-electron chi connectivity index (χ1n) is 7.40. The summed E-state index contributed by atoms with van der Waals surface area (Å²) in [6, 6.07) is 4.60. The molecular formula is C17H23NO5S2. The van der Waals surface area contributed by atoms with Crippen LogP contribution in [0.2, 0.25) is 0 Å². The van der Waals surface area contributed by atoms with Crippen LogP contribution in [0, 0.1) is 0 Å². The summed E-state index contributed by atoms with van der Waals surface area (Å²) in [7, 11) is 4.42. The smallest absolute Gasteiger partial charge is 0.329 e. The summed E-state index contributed by atoms with van der Waals surface area (Å²) in [6.07, 6.45) is 4.94. The molecule has 138 valence electrons. The molecule has 1 amide bonds. The maximum absolute atomic E-state index is 12.1. The average molecular weight is 386 g/mol. The summed E-state index contributed by atoms with van der Waals surface area (Å²) in [5.41, 5.74) is 0.698. The first-order chi connectivity index (χ1) is 12.0. The largest absolute Gasteiger partial charge is 0.497 e. The molecule has 6 nitrogen and oxygen atoms in total. The van der Waals surface area contributed by atoms with E-state index in [1.54, 1.807) is 62.0 Å². The van der Waals surface area contributed by atoms with Crippen molar-refractivity contribution in [3.63, 3.8) is 0 Å². The Labute approximate surface area is 156 Å². The Bertz CT molecular complexity index is 607. The third-order valence-corrected chi connectivity index (χ3v) is 5.32. The summed E-state index contributed by atoms with van der Waals surface area (Å²) >= 11 is 3.21. The van der Waals surface area contributed by atoms with Gasteiger partial charge in [0, 0.05) is 22.5 Å². The fourth-order valence-electron chi connectivity index (χ4n) is 1.92. The van der Waals surface area contributed by atoms with Gasteiger partial charge in [-0.3, -0.25) is 4.79 Å². The summed E-state index contributed by atoms with van der Waals surface area (Å²) in [6.45, 7) is 0. The summed E-state index contributed by atoms with van der Waals surface area (Å²) < 4.78 is 15.2. The number of hydrogen-bond acceptors (Lipinski definition) is 7. The van der Waals surface area contributed by atoms with E-state index in [1.165, 1.54) is 13.2 Å². The molecule has 0 spiro atoms. The number of esters is 1. The molecular weight excluding hydrogens is 362 g/mol. The molecule has 0 heterocycles. The van der Waals surface area contributed by atoms with Gasteiger partial charge in [0.2, 0.25) is 5.91 Å². The number of carbonyl (C=O) groups is 2. The lowest BCUT2D eigenvalue weighted by molar-refractivity contribution is -0.143. The normalized spacial score (nSPS) is 11.8. The van der Waals surface area contributed by atoms with Gasteiger partial charge in [-0.05, 0) is 30.5 Å². The number of methoxy groups -OCH3 is 3. The topological polar surface area (TPSA) is 73.9 Å². The highest BCUT2D eigenvalue weighted by Crippen LogP contribution is 2.25. The van der Waals surface area contributed by atoms with Crippen molar-refractivity contribution in [1.29, 1.82) is 0 Å². The van der Waals surface area contributed by atoms with Crippen molar-refractivity contribution in [2.45, 2.75) is 6.04 Å². The Morgan fingerprint density at radius 2 is 2.00 bits per heavy atom. The number of carbonyl (C=O) groups excluding carboxylic acids is 2. The third-order valence-electron chi connectivity index (χ3n) is 3.14. The highest BCUT2D eigenvalue weighted by atomic mass is 32.2. The molecule has 1 atom stereocenters. The van der Waals surface area contributed by atoms with Crippen molar-refractivity contribution in [3.05, 3.63) is 29.8 Å². The predicted octanol–water partition coefficient (Wildman–Crippen LogP) is 2.43. The first-order valence-corrected chi connectivity index (χ1v) is 9.95. The van der Waals surface area contributed by atoms with Crippen LogP contribution in [0.3, 0.4) is 0 Å². The molecule has 8 heteroatoms. The van der Waals surface area contributed by atoms with Crippen molar-refractivity contribution in [3.8, 4) is 11.5 Å². The summed E-state index contributed by atoms with van der Waals surface area (Å²) in [5, 5.41) is 3.49. The molecule has 0 aromatic heterocycles. The van der Waals surface area contributed by atoms with Crippen LogP contribution >= 0.6 is 23.5 Å². The lowest BCUT2D eigenvalue weighted by atomic mass is 10.1. The molecule has 1 unspecified atom stereocenters. The Hall–Kier alpha value is -1.80. The number of ether oxygens (including phenoxy) is 3. The summed E-state index contributed by atoms with van der Waals surface area (Å²) in [4.78, 5) is 23.9. The molecule has 1 aromatic rings. The Morgan fingerprint density at radius 1 is 1.24 bits per heavy atom. The van der Waals surface area contributed by atoms with Gasteiger partial charge >= 0.3 is 5.97 Å². The van der Waals surface area contributed by atoms with Crippen LogP contribution in [0.15, 0.2) is 24.3 Å². The predicted molar refractivity (Wildman–Crippen MR) is 103 cm³/mol. The second kappa shape index (κ2) is 11.7. The van der Waals surface area contributed by atoms with Gasteiger partial charge in [0.25, 0.3) is 0 Å². The lowest BCUT2D eigenvalue weighted by Crippen LogP contribution is -2.42. The van der Waals surface area contributed by atoms with Crippen LogP contribution in [-0.2, 0) is 14.3 Å². The number of amides is 1. The molecule has 1 rings (SSSR count). The van der Waals surface area contributed by atoms with Crippen LogP contribution in [-0.4, -0.2) is 56.3 Å². The minimum Gasteiger partial charge on any atom is -0.497 e. The fourth-order valence-corrected chi connectivity index (χ4v) is 3.42. The number of benzene rings is 1. The fraction of sp³-hybridized carbons (Fsp3) is 0.412. The van der Waals surface area contributed by atoms with Gasteiger partial charge in [0.15, 0.2) is 0 Å². The molecule has 0 fully saturated rings. The van der Waals surface area contributed by atoms with Gasteiger partial charge in [-0.25, -0.2) is 4.79 Å². The Kier molecular flexibility index (Phi) is 9.94. The second-order valence-corrected chi connectivity index (χ2v) is 7.06. The van der Waals surface area contributed by atoms with Crippen molar-refractivity contribution in [2.24, 2.45) is 0 Å². The van der Waals surface area contributed by atoms with Crippen LogP contribution in [0.5, 0.6) is 11.5 Å². The van der Waals surface area contributed by atoms with Crippen molar-refractivity contribution >= 4 is 41.5 Å². The van der Waals surface area contributed by atoms with E-state index in [0.29, 0.717) is 22.8 Å². The van der Waals surface area contributed by atoms with Gasteiger partial charge < -0.3 is 19.5 Å². The maximum atomic E-state index is 12.1. The molecule has 0 saturated carbocycles. The van der Waals surface area contributed by atoms with Crippen LogP contribution in [0.4, 0.5) is 0 Å². The quantitative estimate of drug-likeness (QED) is 0.287. The Balaban J connectivity index is 2.78. The zero-order valence-electron chi connectivity index (χ0n) is 14.7. The number of hydrogen-bond donors (Lipinski definition) is 1.